The predicted octanol–water partition coefficient (Wildman–Crippen LogP) is 4.09. The molecular weight excluding hydrogens is 310 g/mol. The first-order chi connectivity index (χ1) is 12.4. The Bertz CT molecular complexity index is 1260. The van der Waals surface area contributed by atoms with Gasteiger partial charge >= 0.3 is 5.65 Å². The number of fused-ring (bicyclic) bond motifs is 7. The predicted molar refractivity (Wildman–Crippen MR) is 95.6 cm³/mol. The summed E-state index contributed by atoms with van der Waals surface area (Å²) in [6.45, 7) is 0.821. The maximum absolute atomic E-state index is 6.33. The highest BCUT2D eigenvalue weighted by Crippen LogP contribution is 2.36. The molecule has 2 aromatic carbocycles. The highest BCUT2D eigenvalue weighted by molar-refractivity contribution is 6.01. The van der Waals surface area contributed by atoms with E-state index in [1.807, 2.05) is 18.3 Å². The van der Waals surface area contributed by atoms with Crippen LogP contribution in [-0.4, -0.2) is 9.55 Å². The van der Waals surface area contributed by atoms with Crippen molar-refractivity contribution in [2.45, 2.75) is 6.54 Å². The van der Waals surface area contributed by atoms with Crippen LogP contribution in [0.5, 0.6) is 0 Å². The second kappa shape index (κ2) is 4.57. The summed E-state index contributed by atoms with van der Waals surface area (Å²) in [5.74, 6) is 0.915. The Balaban J connectivity index is 1.79. The van der Waals surface area contributed by atoms with Gasteiger partial charge in [-0.25, -0.2) is 4.98 Å². The molecule has 5 aromatic rings. The molecule has 0 unspecified atom stereocenters. The number of hydrogen-bond donors (Lipinski definition) is 0. The fourth-order valence-corrected chi connectivity index (χ4v) is 3.88. The standard InChI is InChI=1S/C21H14N3O/c1-2-8-15(9-3-1)24-17-11-6-12-22-18(17)19-20(24)23-13-14-7-4-5-10-16(14)21(23)25-19/h1-12H,13H2/q+1. The first kappa shape index (κ1) is 13.0. The van der Waals surface area contributed by atoms with Crippen LogP contribution in [0.2, 0.25) is 0 Å². The van der Waals surface area contributed by atoms with Gasteiger partial charge in [-0.05, 0) is 30.3 Å². The maximum Gasteiger partial charge on any atom is 0.336 e. The minimum atomic E-state index is 0.821. The zero-order chi connectivity index (χ0) is 16.4. The third-order valence-electron chi connectivity index (χ3n) is 4.95. The SMILES string of the molecule is c1ccc(-n2c3cccnc3c3oc4[n+](c32)Cc2ccccc2-4)cc1. The molecular formula is C21H14N3O+. The van der Waals surface area contributed by atoms with Gasteiger partial charge in [0.2, 0.25) is 0 Å². The molecule has 0 N–H and O–H groups in total. The molecule has 1 aliphatic rings. The number of hydrogen-bond acceptors (Lipinski definition) is 2. The molecule has 0 radical (unpaired) electrons. The van der Waals surface area contributed by atoms with Gasteiger partial charge in [-0.2, -0.15) is 9.13 Å². The van der Waals surface area contributed by atoms with Crippen LogP contribution in [0.15, 0.2) is 77.3 Å². The molecule has 1 aliphatic heterocycles. The van der Waals surface area contributed by atoms with Gasteiger partial charge < -0.3 is 4.42 Å². The Kier molecular flexibility index (Phi) is 2.37. The molecule has 0 fully saturated rings. The molecule has 3 aromatic heterocycles. The molecule has 0 spiro atoms. The van der Waals surface area contributed by atoms with E-state index in [-0.39, 0.29) is 0 Å². The van der Waals surface area contributed by atoms with Gasteiger partial charge in [0.15, 0.2) is 11.0 Å². The molecule has 0 aliphatic carbocycles. The van der Waals surface area contributed by atoms with Gasteiger partial charge in [0, 0.05) is 11.8 Å². The number of rotatable bonds is 1. The summed E-state index contributed by atoms with van der Waals surface area (Å²) >= 11 is 0. The average molecular weight is 324 g/mol. The van der Waals surface area contributed by atoms with E-state index in [0.29, 0.717) is 0 Å². The van der Waals surface area contributed by atoms with E-state index in [0.717, 1.165) is 40.4 Å². The molecule has 4 nitrogen and oxygen atoms in total. The van der Waals surface area contributed by atoms with Crippen molar-refractivity contribution in [3.63, 3.8) is 0 Å². The lowest BCUT2D eigenvalue weighted by molar-refractivity contribution is -0.651. The normalized spacial score (nSPS) is 12.6. The lowest BCUT2D eigenvalue weighted by Crippen LogP contribution is -2.32. The lowest BCUT2D eigenvalue weighted by atomic mass is 10.1. The second-order valence-corrected chi connectivity index (χ2v) is 6.35. The second-order valence-electron chi connectivity index (χ2n) is 6.35. The minimum Gasteiger partial charge on any atom is -0.411 e. The molecule has 6 rings (SSSR count). The molecule has 4 heteroatoms. The summed E-state index contributed by atoms with van der Waals surface area (Å²) < 4.78 is 10.8. The monoisotopic (exact) mass is 324 g/mol. The fourth-order valence-electron chi connectivity index (χ4n) is 3.88. The van der Waals surface area contributed by atoms with Gasteiger partial charge in [0.05, 0.1) is 5.56 Å². The van der Waals surface area contributed by atoms with E-state index >= 15 is 0 Å². The van der Waals surface area contributed by atoms with E-state index < -0.39 is 0 Å². The average Bonchev–Trinajstić information content (AvgIpc) is 3.30. The zero-order valence-corrected chi connectivity index (χ0v) is 13.4. The molecule has 0 amide bonds. The molecule has 4 heterocycles. The summed E-state index contributed by atoms with van der Waals surface area (Å²) in [6.07, 6.45) is 1.82. The van der Waals surface area contributed by atoms with Crippen LogP contribution in [0.25, 0.3) is 39.4 Å². The minimum absolute atomic E-state index is 0.821. The van der Waals surface area contributed by atoms with Crippen LogP contribution in [0.3, 0.4) is 0 Å². The molecule has 0 saturated carbocycles. The van der Waals surface area contributed by atoms with E-state index in [9.17, 15) is 0 Å². The van der Waals surface area contributed by atoms with Gasteiger partial charge in [-0.1, -0.05) is 36.4 Å². The van der Waals surface area contributed by atoms with E-state index in [2.05, 4.69) is 68.7 Å². The largest absolute Gasteiger partial charge is 0.411 e. The summed E-state index contributed by atoms with van der Waals surface area (Å²) in [7, 11) is 0. The fraction of sp³-hybridized carbons (Fsp3) is 0.0476. The maximum atomic E-state index is 6.33. The van der Waals surface area contributed by atoms with Crippen molar-refractivity contribution in [2.24, 2.45) is 0 Å². The third-order valence-corrected chi connectivity index (χ3v) is 4.95. The summed E-state index contributed by atoms with van der Waals surface area (Å²) in [5.41, 5.74) is 7.45. The molecule has 118 valence electrons. The van der Waals surface area contributed by atoms with E-state index in [1.54, 1.807) is 0 Å². The van der Waals surface area contributed by atoms with Crippen LogP contribution in [0.1, 0.15) is 5.56 Å². The Hall–Kier alpha value is -3.40. The van der Waals surface area contributed by atoms with Crippen molar-refractivity contribution in [1.82, 2.24) is 9.55 Å². The number of oxazole rings is 1. The number of aromatic nitrogens is 3. The van der Waals surface area contributed by atoms with Crippen molar-refractivity contribution in [3.05, 3.63) is 78.5 Å². The van der Waals surface area contributed by atoms with Gasteiger partial charge in [-0.3, -0.25) is 0 Å². The zero-order valence-electron chi connectivity index (χ0n) is 13.4. The Morgan fingerprint density at radius 2 is 1.76 bits per heavy atom. The summed E-state index contributed by atoms with van der Waals surface area (Å²) in [6, 6.07) is 22.9. The first-order valence-corrected chi connectivity index (χ1v) is 8.37. The number of pyridine rings is 1. The van der Waals surface area contributed by atoms with Crippen LogP contribution in [0, 0.1) is 0 Å². The lowest BCUT2D eigenvalue weighted by Gasteiger charge is -2.00. The van der Waals surface area contributed by atoms with Crippen molar-refractivity contribution >= 4 is 22.3 Å². The highest BCUT2D eigenvalue weighted by atomic mass is 16.4. The van der Waals surface area contributed by atoms with Gasteiger partial charge in [0.1, 0.15) is 12.2 Å². The van der Waals surface area contributed by atoms with E-state index in [1.165, 1.54) is 11.1 Å². The summed E-state index contributed by atoms with van der Waals surface area (Å²) in [5, 5.41) is 0. The van der Waals surface area contributed by atoms with Crippen molar-refractivity contribution in [2.75, 3.05) is 0 Å². The van der Waals surface area contributed by atoms with Crippen molar-refractivity contribution < 1.29 is 8.98 Å². The molecule has 25 heavy (non-hydrogen) atoms. The number of benzene rings is 2. The third kappa shape index (κ3) is 1.61. The Morgan fingerprint density at radius 1 is 0.920 bits per heavy atom. The van der Waals surface area contributed by atoms with Crippen LogP contribution in [0.4, 0.5) is 0 Å². The van der Waals surface area contributed by atoms with E-state index in [4.69, 9.17) is 4.42 Å². The highest BCUT2D eigenvalue weighted by Gasteiger charge is 2.35. The van der Waals surface area contributed by atoms with Crippen LogP contribution < -0.4 is 4.57 Å². The van der Waals surface area contributed by atoms with Crippen LogP contribution in [-0.2, 0) is 6.54 Å². The molecule has 0 bridgehead atoms. The quantitative estimate of drug-likeness (QED) is 0.427. The van der Waals surface area contributed by atoms with Crippen molar-refractivity contribution in [1.29, 1.82) is 0 Å². The Labute approximate surface area is 143 Å². The summed E-state index contributed by atoms with van der Waals surface area (Å²) in [4.78, 5) is 4.60. The number of para-hydroxylation sites is 1. The molecule has 0 atom stereocenters. The van der Waals surface area contributed by atoms with Gasteiger partial charge in [-0.15, -0.1) is 0 Å². The topological polar surface area (TPSA) is 34.8 Å². The Morgan fingerprint density at radius 3 is 2.68 bits per heavy atom. The first-order valence-electron chi connectivity index (χ1n) is 8.37. The smallest absolute Gasteiger partial charge is 0.336 e. The van der Waals surface area contributed by atoms with Gasteiger partial charge in [0.25, 0.3) is 11.5 Å². The molecule has 0 saturated heterocycles. The van der Waals surface area contributed by atoms with Crippen LogP contribution >= 0.6 is 0 Å². The van der Waals surface area contributed by atoms with Crippen molar-refractivity contribution in [3.8, 4) is 17.1 Å². The number of nitrogens with zero attached hydrogens (tertiary/aromatic N) is 3.